The fraction of sp³-hybridized carbons (Fsp3) is 1.00. The topological polar surface area (TPSA) is 18.5 Å². The van der Waals surface area contributed by atoms with Crippen LogP contribution < -0.4 is 0 Å². The predicted molar refractivity (Wildman–Crippen MR) is 52.2 cm³/mol. The highest BCUT2D eigenvalue weighted by molar-refractivity contribution is 7.93. The quantitative estimate of drug-likeness (QED) is 0.635. The Morgan fingerprint density at radius 2 is 1.92 bits per heavy atom. The Morgan fingerprint density at radius 1 is 1.25 bits per heavy atom. The summed E-state index contributed by atoms with van der Waals surface area (Å²) in [4.78, 5) is 0. The highest BCUT2D eigenvalue weighted by Gasteiger charge is 2.29. The molecule has 0 saturated heterocycles. The van der Waals surface area contributed by atoms with Crippen molar-refractivity contribution in [1.82, 2.24) is 0 Å². The zero-order chi connectivity index (χ0) is 8.97. The lowest BCUT2D eigenvalue weighted by molar-refractivity contribution is -0.0342. The molecule has 0 aromatic carbocycles. The second kappa shape index (κ2) is 5.10. The summed E-state index contributed by atoms with van der Waals surface area (Å²) >= 11 is 1.45. The molecule has 2 nitrogen and oxygen atoms in total. The maximum Gasteiger partial charge on any atom is 0.0983 e. The molecule has 1 aliphatic rings. The van der Waals surface area contributed by atoms with Gasteiger partial charge in [0.2, 0.25) is 0 Å². The molecule has 0 aromatic rings. The summed E-state index contributed by atoms with van der Waals surface area (Å²) < 4.78 is 11.2. The third-order valence-corrected chi connectivity index (χ3v) is 2.50. The molecular formula is C9H18O2S. The van der Waals surface area contributed by atoms with Crippen molar-refractivity contribution in [3.8, 4) is 0 Å². The molecule has 0 spiro atoms. The molecule has 2 atom stereocenters. The average Bonchev–Trinajstić information content (AvgIpc) is 2.37. The average molecular weight is 190 g/mol. The van der Waals surface area contributed by atoms with Gasteiger partial charge in [-0.1, -0.05) is 0 Å². The van der Waals surface area contributed by atoms with Gasteiger partial charge in [-0.2, -0.15) is 0 Å². The van der Waals surface area contributed by atoms with Crippen LogP contribution in [0, 0.1) is 0 Å². The van der Waals surface area contributed by atoms with Crippen molar-refractivity contribution in [2.24, 2.45) is 0 Å². The first-order valence-electron chi connectivity index (χ1n) is 4.59. The molecule has 0 amide bonds. The maximum absolute atomic E-state index is 5.74. The van der Waals surface area contributed by atoms with Crippen molar-refractivity contribution >= 4 is 12.0 Å². The van der Waals surface area contributed by atoms with Gasteiger partial charge in [0.05, 0.1) is 18.3 Å². The summed E-state index contributed by atoms with van der Waals surface area (Å²) in [5, 5.41) is 0. The van der Waals surface area contributed by atoms with E-state index in [0.29, 0.717) is 18.3 Å². The SMILES string of the molecule is CSO[C@@H]1CCC[C@H]1OC(C)C. The predicted octanol–water partition coefficient (Wildman–Crippen LogP) is 2.63. The fourth-order valence-electron chi connectivity index (χ4n) is 1.63. The van der Waals surface area contributed by atoms with Crippen LogP contribution in [-0.2, 0) is 8.92 Å². The van der Waals surface area contributed by atoms with Crippen LogP contribution in [0.25, 0.3) is 0 Å². The van der Waals surface area contributed by atoms with E-state index < -0.39 is 0 Å². The van der Waals surface area contributed by atoms with Crippen LogP contribution in [0.15, 0.2) is 0 Å². The van der Waals surface area contributed by atoms with Gasteiger partial charge in [-0.3, -0.25) is 0 Å². The second-order valence-corrected chi connectivity index (χ2v) is 3.98. The highest BCUT2D eigenvalue weighted by Crippen LogP contribution is 2.27. The molecule has 1 aliphatic carbocycles. The van der Waals surface area contributed by atoms with E-state index in [4.69, 9.17) is 8.92 Å². The van der Waals surface area contributed by atoms with Gasteiger partial charge in [-0.15, -0.1) is 0 Å². The summed E-state index contributed by atoms with van der Waals surface area (Å²) in [5.74, 6) is 0. The summed E-state index contributed by atoms with van der Waals surface area (Å²) in [6, 6.07) is 0. The Kier molecular flexibility index (Phi) is 4.40. The van der Waals surface area contributed by atoms with Crippen LogP contribution >= 0.6 is 12.0 Å². The van der Waals surface area contributed by atoms with E-state index in [1.165, 1.54) is 18.5 Å². The Balaban J connectivity index is 2.30. The van der Waals surface area contributed by atoms with E-state index in [9.17, 15) is 0 Å². The van der Waals surface area contributed by atoms with Crippen LogP contribution in [0.4, 0.5) is 0 Å². The normalized spacial score (nSPS) is 30.0. The first-order valence-corrected chi connectivity index (χ1v) is 5.74. The first-order chi connectivity index (χ1) is 5.74. The minimum absolute atomic E-state index is 0.320. The van der Waals surface area contributed by atoms with Crippen LogP contribution in [-0.4, -0.2) is 24.6 Å². The molecule has 0 aromatic heterocycles. The van der Waals surface area contributed by atoms with Crippen LogP contribution in [0.5, 0.6) is 0 Å². The van der Waals surface area contributed by atoms with Gasteiger partial charge in [-0.25, -0.2) is 0 Å². The number of hydrogen-bond donors (Lipinski definition) is 0. The minimum Gasteiger partial charge on any atom is -0.373 e. The molecule has 0 radical (unpaired) electrons. The molecule has 0 aliphatic heterocycles. The zero-order valence-corrected chi connectivity index (χ0v) is 8.89. The molecule has 72 valence electrons. The van der Waals surface area contributed by atoms with E-state index in [-0.39, 0.29) is 0 Å². The summed E-state index contributed by atoms with van der Waals surface area (Å²) in [6.07, 6.45) is 6.48. The number of ether oxygens (including phenoxy) is 1. The molecule has 12 heavy (non-hydrogen) atoms. The molecule has 1 rings (SSSR count). The van der Waals surface area contributed by atoms with Gasteiger partial charge in [0.15, 0.2) is 0 Å². The molecule has 1 saturated carbocycles. The summed E-state index contributed by atoms with van der Waals surface area (Å²) in [5.41, 5.74) is 0. The standard InChI is InChI=1S/C9H18O2S/c1-7(2)10-8-5-4-6-9(8)11-12-3/h7-9H,4-6H2,1-3H3/t8-,9-/m1/s1. The minimum atomic E-state index is 0.320. The van der Waals surface area contributed by atoms with Gasteiger partial charge in [0.25, 0.3) is 0 Å². The maximum atomic E-state index is 5.74. The smallest absolute Gasteiger partial charge is 0.0983 e. The van der Waals surface area contributed by atoms with Crippen LogP contribution in [0.3, 0.4) is 0 Å². The van der Waals surface area contributed by atoms with Crippen LogP contribution in [0.2, 0.25) is 0 Å². The summed E-state index contributed by atoms with van der Waals surface area (Å²) in [7, 11) is 0. The van der Waals surface area contributed by atoms with Gasteiger partial charge in [0, 0.05) is 6.26 Å². The van der Waals surface area contributed by atoms with Crippen molar-refractivity contribution < 1.29 is 8.92 Å². The van der Waals surface area contributed by atoms with E-state index >= 15 is 0 Å². The largest absolute Gasteiger partial charge is 0.373 e. The van der Waals surface area contributed by atoms with Crippen molar-refractivity contribution in [3.05, 3.63) is 0 Å². The fourth-order valence-corrected chi connectivity index (χ4v) is 2.10. The van der Waals surface area contributed by atoms with E-state index in [0.717, 1.165) is 12.8 Å². The second-order valence-electron chi connectivity index (χ2n) is 3.46. The van der Waals surface area contributed by atoms with Crippen molar-refractivity contribution in [1.29, 1.82) is 0 Å². The lowest BCUT2D eigenvalue weighted by Crippen LogP contribution is -2.26. The third kappa shape index (κ3) is 2.96. The molecule has 1 fully saturated rings. The van der Waals surface area contributed by atoms with E-state index in [1.807, 2.05) is 6.26 Å². The molecule has 0 unspecified atom stereocenters. The van der Waals surface area contributed by atoms with Gasteiger partial charge >= 0.3 is 0 Å². The molecule has 3 heteroatoms. The van der Waals surface area contributed by atoms with Gasteiger partial charge < -0.3 is 8.92 Å². The van der Waals surface area contributed by atoms with Crippen molar-refractivity contribution in [2.75, 3.05) is 6.26 Å². The lowest BCUT2D eigenvalue weighted by atomic mass is 10.2. The monoisotopic (exact) mass is 190 g/mol. The van der Waals surface area contributed by atoms with Crippen molar-refractivity contribution in [2.45, 2.75) is 51.4 Å². The Morgan fingerprint density at radius 3 is 2.50 bits per heavy atom. The Hall–Kier alpha value is 0.270. The summed E-state index contributed by atoms with van der Waals surface area (Å²) in [6.45, 7) is 4.16. The van der Waals surface area contributed by atoms with E-state index in [1.54, 1.807) is 0 Å². The van der Waals surface area contributed by atoms with Gasteiger partial charge in [0.1, 0.15) is 0 Å². The Bertz CT molecular complexity index is 128. The molecule has 0 N–H and O–H groups in total. The van der Waals surface area contributed by atoms with Crippen LogP contribution in [0.1, 0.15) is 33.1 Å². The number of hydrogen-bond acceptors (Lipinski definition) is 3. The molecule has 0 heterocycles. The molecular weight excluding hydrogens is 172 g/mol. The Labute approximate surface area is 79.2 Å². The third-order valence-electron chi connectivity index (χ3n) is 2.06. The first kappa shape index (κ1) is 10.4. The van der Waals surface area contributed by atoms with Crippen molar-refractivity contribution in [3.63, 3.8) is 0 Å². The van der Waals surface area contributed by atoms with Gasteiger partial charge in [-0.05, 0) is 45.2 Å². The molecule has 0 bridgehead atoms. The highest BCUT2D eigenvalue weighted by atomic mass is 32.2. The zero-order valence-electron chi connectivity index (χ0n) is 8.08. The number of rotatable bonds is 4. The lowest BCUT2D eigenvalue weighted by Gasteiger charge is -2.21. The van der Waals surface area contributed by atoms with E-state index in [2.05, 4.69) is 13.8 Å².